The second kappa shape index (κ2) is 26.5. The number of amides is 3. The highest BCUT2D eigenvalue weighted by atomic mass is 16.8. The molecule has 33 heteroatoms. The van der Waals surface area contributed by atoms with Crippen LogP contribution >= 0.6 is 0 Å². The largest absolute Gasteiger partial charge is 0.394 e. The molecule has 6 rings (SSSR count). The molecule has 33 nitrogen and oxygen atoms in total. The summed E-state index contributed by atoms with van der Waals surface area (Å²) in [6.07, 6.45) is -48.6. The first kappa shape index (κ1) is 61.5. The van der Waals surface area contributed by atoms with Crippen LogP contribution in [0.4, 0.5) is 0 Å². The maximum absolute atomic E-state index is 12.6. The van der Waals surface area contributed by atoms with Crippen molar-refractivity contribution in [1.82, 2.24) is 16.0 Å². The zero-order valence-electron chi connectivity index (χ0n) is 40.7. The third-order valence-electron chi connectivity index (χ3n) is 13.6. The monoisotopic (exact) mass is 1100 g/mol. The summed E-state index contributed by atoms with van der Waals surface area (Å²) in [5, 5.41) is 179. The first-order valence-electron chi connectivity index (χ1n) is 23.9. The molecular weight excluding hydrogens is 1030 g/mol. The average molecular weight is 1100 g/mol. The first-order chi connectivity index (χ1) is 35.4. The Morgan fingerprint density at radius 2 is 0.773 bits per heavy atom. The smallest absolute Gasteiger partial charge is 0.217 e. The molecule has 30 atom stereocenters. The topological polar surface area (TPSA) is 513 Å². The molecule has 0 saturated carbocycles. The van der Waals surface area contributed by atoms with E-state index in [2.05, 4.69) is 16.0 Å². The van der Waals surface area contributed by atoms with Crippen molar-refractivity contribution in [2.24, 2.45) is 0 Å². The zero-order chi connectivity index (χ0) is 55.5. The van der Waals surface area contributed by atoms with E-state index in [1.807, 2.05) is 0 Å². The highest BCUT2D eigenvalue weighted by Gasteiger charge is 2.57. The van der Waals surface area contributed by atoms with E-state index >= 15 is 0 Å². The van der Waals surface area contributed by atoms with Crippen molar-refractivity contribution in [2.75, 3.05) is 33.0 Å². The number of hydrogen-bond donors (Lipinski definition) is 19. The molecule has 0 aromatic heterocycles. The van der Waals surface area contributed by atoms with Crippen LogP contribution in [0.1, 0.15) is 27.7 Å². The molecule has 6 aliphatic heterocycles. The van der Waals surface area contributed by atoms with Crippen LogP contribution in [-0.4, -0.2) is 317 Å². The average Bonchev–Trinajstić information content (AvgIpc) is 3.36. The molecule has 75 heavy (non-hydrogen) atoms. The molecule has 0 bridgehead atoms. The summed E-state index contributed by atoms with van der Waals surface area (Å²) in [5.41, 5.74) is 0. The Morgan fingerprint density at radius 3 is 1.29 bits per heavy atom. The van der Waals surface area contributed by atoms with Crippen molar-refractivity contribution < 1.29 is 148 Å². The van der Waals surface area contributed by atoms with Gasteiger partial charge in [0.05, 0.1) is 39.1 Å². The van der Waals surface area contributed by atoms with Crippen LogP contribution in [0.2, 0.25) is 0 Å². The molecule has 0 aromatic carbocycles. The van der Waals surface area contributed by atoms with Crippen molar-refractivity contribution in [1.29, 1.82) is 0 Å². The lowest BCUT2D eigenvalue weighted by atomic mass is 9.93. The maximum atomic E-state index is 12.6. The summed E-state index contributed by atoms with van der Waals surface area (Å²) in [5.74, 6) is -2.40. The SMILES string of the molecule is CC(=O)N[C@@H]1[C@@H](O[C@@H]2O[C@H](CO)[C@@H](O[C@@H]3O[C@H](CO)[C@H](O)[C@H](O)[C@H]3O)[C@H](O)[C@H]2NC(C)=O)[C@@H](O)[C@@H](CO[C@@H]2O[C@H](CO)[C@@H](O[C@@H]3O[C@H](CO)[C@H](O)[C@H](O)[C@H]3O[C@@H]3O[C@@H](C)[C@@H](O)[C@@H](O)[C@@H]3O)[C@H](O)[C@H]2NC(C)=O)O[C@@H]1O. The fourth-order valence-electron chi connectivity index (χ4n) is 9.55. The van der Waals surface area contributed by atoms with Gasteiger partial charge in [0.15, 0.2) is 37.7 Å². The van der Waals surface area contributed by atoms with Crippen LogP contribution < -0.4 is 16.0 Å². The molecule has 0 aliphatic carbocycles. The fraction of sp³-hybridized carbons (Fsp3) is 0.929. The lowest BCUT2D eigenvalue weighted by molar-refractivity contribution is -0.383. The zero-order valence-corrected chi connectivity index (χ0v) is 40.7. The Kier molecular flexibility index (Phi) is 21.8. The van der Waals surface area contributed by atoms with Crippen LogP contribution in [0, 0.1) is 0 Å². The van der Waals surface area contributed by atoms with Crippen molar-refractivity contribution in [2.45, 2.75) is 212 Å². The van der Waals surface area contributed by atoms with Crippen molar-refractivity contribution in [3.8, 4) is 0 Å². The van der Waals surface area contributed by atoms with Gasteiger partial charge in [-0.3, -0.25) is 14.4 Å². The molecule has 6 fully saturated rings. The van der Waals surface area contributed by atoms with Gasteiger partial charge in [-0.05, 0) is 6.92 Å². The molecule has 0 radical (unpaired) electrons. The second-order valence-electron chi connectivity index (χ2n) is 19.0. The molecule has 3 amide bonds. The summed E-state index contributed by atoms with van der Waals surface area (Å²) < 4.78 is 63.5. The number of rotatable bonds is 18. The quantitative estimate of drug-likeness (QED) is 0.0606. The van der Waals surface area contributed by atoms with E-state index in [1.165, 1.54) is 6.92 Å². The minimum atomic E-state index is -2.06. The third kappa shape index (κ3) is 13.7. The fourth-order valence-corrected chi connectivity index (χ4v) is 9.55. The van der Waals surface area contributed by atoms with Gasteiger partial charge in [-0.2, -0.15) is 0 Å². The number of ether oxygens (including phenoxy) is 11. The predicted molar refractivity (Wildman–Crippen MR) is 233 cm³/mol. The van der Waals surface area contributed by atoms with Crippen molar-refractivity contribution in [3.63, 3.8) is 0 Å². The van der Waals surface area contributed by atoms with E-state index in [-0.39, 0.29) is 0 Å². The van der Waals surface area contributed by atoms with Gasteiger partial charge >= 0.3 is 0 Å². The standard InChI is InChI=1S/C42H71N3O30/c1-10-22(53)28(59)31(62)40(66-10)75-36-30(61)24(55)15(6-47)69-42(36)73-34-16(7-48)70-38(19(26(34)57)43-11(2)50)65-9-18-25(56)35(21(37(64)67-18)45-13(4)52)74-39-20(44-12(3)51)27(58)33(17(8-49)71-39)72-41-32(63)29(60)23(54)14(5-46)68-41/h10,14-42,46-49,53-64H,5-9H2,1-4H3,(H,43,50)(H,44,51)(H,45,52)/t10-,14+,15+,16+,17+,18+,19+,20+,21+,22+,23-,24-,25-,26+,27+,28+,29-,30-,31-,32+,33+,34+,35+,36+,37-,38+,39-,40-,41-,42-/m0/s1. The summed E-state index contributed by atoms with van der Waals surface area (Å²) in [7, 11) is 0. The molecule has 434 valence electrons. The van der Waals surface area contributed by atoms with E-state index in [9.17, 15) is 96.1 Å². The lowest BCUT2D eigenvalue weighted by Gasteiger charge is -2.50. The Bertz CT molecular complexity index is 1850. The van der Waals surface area contributed by atoms with E-state index in [0.717, 1.165) is 20.8 Å². The molecule has 6 heterocycles. The van der Waals surface area contributed by atoms with E-state index < -0.39 is 235 Å². The number of carbonyl (C=O) groups excluding carboxylic acids is 3. The number of aliphatic hydroxyl groups is 16. The third-order valence-corrected chi connectivity index (χ3v) is 13.6. The van der Waals surface area contributed by atoms with E-state index in [4.69, 9.17) is 52.1 Å². The van der Waals surface area contributed by atoms with E-state index in [1.54, 1.807) is 0 Å². The number of aliphatic hydroxyl groups excluding tert-OH is 16. The molecule has 0 aromatic rings. The van der Waals surface area contributed by atoms with Crippen LogP contribution in [0.25, 0.3) is 0 Å². The van der Waals surface area contributed by atoms with Gasteiger partial charge in [0.1, 0.15) is 140 Å². The predicted octanol–water partition coefficient (Wildman–Crippen LogP) is -12.6. The van der Waals surface area contributed by atoms with Crippen LogP contribution in [0.15, 0.2) is 0 Å². The van der Waals surface area contributed by atoms with Gasteiger partial charge in [0.25, 0.3) is 0 Å². The Balaban J connectivity index is 1.21. The summed E-state index contributed by atoms with van der Waals surface area (Å²) >= 11 is 0. The second-order valence-corrected chi connectivity index (χ2v) is 19.0. The maximum Gasteiger partial charge on any atom is 0.217 e. The Hall–Kier alpha value is -2.67. The summed E-state index contributed by atoms with van der Waals surface area (Å²) in [6, 6.07) is -5.05. The van der Waals surface area contributed by atoms with Gasteiger partial charge < -0.3 is 150 Å². The normalized spacial score (nSPS) is 48.6. The van der Waals surface area contributed by atoms with E-state index in [0.29, 0.717) is 0 Å². The van der Waals surface area contributed by atoms with Crippen molar-refractivity contribution >= 4 is 17.7 Å². The van der Waals surface area contributed by atoms with Crippen LogP contribution in [0.5, 0.6) is 0 Å². The number of carbonyl (C=O) groups is 3. The summed E-state index contributed by atoms with van der Waals surface area (Å²) in [4.78, 5) is 37.5. The van der Waals surface area contributed by atoms with Gasteiger partial charge in [0.2, 0.25) is 17.7 Å². The highest BCUT2D eigenvalue weighted by Crippen LogP contribution is 2.36. The Morgan fingerprint density at radius 1 is 0.373 bits per heavy atom. The molecular formula is C42H71N3O30. The molecule has 6 saturated heterocycles. The minimum absolute atomic E-state index is 0.792. The molecule has 0 spiro atoms. The number of hydrogen-bond acceptors (Lipinski definition) is 30. The van der Waals surface area contributed by atoms with Crippen LogP contribution in [0.3, 0.4) is 0 Å². The lowest BCUT2D eigenvalue weighted by Crippen LogP contribution is -2.71. The van der Waals surface area contributed by atoms with Crippen LogP contribution in [-0.2, 0) is 66.5 Å². The Labute approximate surface area is 426 Å². The molecule has 6 aliphatic rings. The van der Waals surface area contributed by atoms with Gasteiger partial charge in [-0.1, -0.05) is 0 Å². The minimum Gasteiger partial charge on any atom is -0.394 e. The first-order valence-corrected chi connectivity index (χ1v) is 23.9. The molecule has 0 unspecified atom stereocenters. The van der Waals surface area contributed by atoms with Crippen molar-refractivity contribution in [3.05, 3.63) is 0 Å². The van der Waals surface area contributed by atoms with Gasteiger partial charge in [-0.15, -0.1) is 0 Å². The number of nitrogens with one attached hydrogen (secondary N) is 3. The highest BCUT2D eigenvalue weighted by molar-refractivity contribution is 5.74. The molecule has 19 N–H and O–H groups in total. The summed E-state index contributed by atoms with van der Waals surface area (Å²) in [6.45, 7) is -0.136. The van der Waals surface area contributed by atoms with Gasteiger partial charge in [-0.25, -0.2) is 0 Å². The van der Waals surface area contributed by atoms with Gasteiger partial charge in [0, 0.05) is 20.8 Å².